The van der Waals surface area contributed by atoms with Crippen LogP contribution in [0.4, 0.5) is 16.2 Å². The number of nitriles is 1. The van der Waals surface area contributed by atoms with Crippen LogP contribution >= 0.6 is 0 Å². The zero-order valence-electron chi connectivity index (χ0n) is 14.8. The number of benzene rings is 1. The third-order valence-electron chi connectivity index (χ3n) is 4.10. The average Bonchev–Trinajstić information content (AvgIpc) is 2.58. The van der Waals surface area contributed by atoms with Gasteiger partial charge in [-0.05, 0) is 20.8 Å². The standard InChI is InChI=1S/C17H19N4O5/c1-17(2,3)26-16(22)19-6-7-20-11(9-19)10-25-15-12(8-18)13(21(23)24)4-5-14(15)20/h4-5H,6-7,9-10H2,1-3H3/q+1. The Hall–Kier alpha value is -3.15. The summed E-state index contributed by atoms with van der Waals surface area (Å²) in [4.78, 5) is 24.4. The molecular formula is C17H19N4O5+. The number of carbonyl (C=O) groups excluding carboxylic acids is 1. The number of nitro groups is 1. The summed E-state index contributed by atoms with van der Waals surface area (Å²) in [5.74, 6) is 0.219. The van der Waals surface area contributed by atoms with E-state index in [1.807, 2.05) is 31.4 Å². The molecule has 0 saturated heterocycles. The zero-order chi connectivity index (χ0) is 19.1. The van der Waals surface area contributed by atoms with Crippen LogP contribution in [0.3, 0.4) is 0 Å². The summed E-state index contributed by atoms with van der Waals surface area (Å²) in [7, 11) is 0. The Morgan fingerprint density at radius 1 is 1.46 bits per heavy atom. The first-order valence-corrected chi connectivity index (χ1v) is 8.15. The molecular weight excluding hydrogens is 340 g/mol. The van der Waals surface area contributed by atoms with Gasteiger partial charge in [-0.1, -0.05) is 0 Å². The molecule has 0 saturated carbocycles. The van der Waals surface area contributed by atoms with E-state index in [2.05, 4.69) is 0 Å². The van der Waals surface area contributed by atoms with Crippen LogP contribution in [0.25, 0.3) is 0 Å². The lowest BCUT2D eigenvalue weighted by molar-refractivity contribution is -0.454. The second kappa shape index (κ2) is 6.29. The van der Waals surface area contributed by atoms with Gasteiger partial charge in [-0.15, -0.1) is 0 Å². The van der Waals surface area contributed by atoms with Crippen molar-refractivity contribution in [2.45, 2.75) is 26.4 Å². The zero-order valence-corrected chi connectivity index (χ0v) is 14.8. The van der Waals surface area contributed by atoms with Gasteiger partial charge in [0, 0.05) is 12.1 Å². The summed E-state index contributed by atoms with van der Waals surface area (Å²) < 4.78 is 13.0. The Labute approximate surface area is 150 Å². The highest BCUT2D eigenvalue weighted by molar-refractivity contribution is 5.89. The van der Waals surface area contributed by atoms with E-state index in [4.69, 9.17) is 9.47 Å². The van der Waals surface area contributed by atoms with Crippen LogP contribution in [0.5, 0.6) is 5.75 Å². The highest BCUT2D eigenvalue weighted by Gasteiger charge is 2.39. The molecule has 0 aromatic heterocycles. The summed E-state index contributed by atoms with van der Waals surface area (Å²) in [6, 6.07) is 4.76. The molecule has 1 aromatic rings. The molecule has 2 heterocycles. The molecule has 2 aliphatic heterocycles. The van der Waals surface area contributed by atoms with Gasteiger partial charge < -0.3 is 9.47 Å². The molecule has 0 spiro atoms. The SMILES string of the molecule is CC(C)(C)OC(=O)N1CC[N+]2=C(COc3c2ccc([N+](=O)[O-])c3C#N)C1. The highest BCUT2D eigenvalue weighted by atomic mass is 16.6. The van der Waals surface area contributed by atoms with Crippen molar-refractivity contribution in [3.05, 3.63) is 27.8 Å². The number of fused-ring (bicyclic) bond motifs is 2. The van der Waals surface area contributed by atoms with Crippen molar-refractivity contribution in [3.63, 3.8) is 0 Å². The number of hydrogen-bond acceptors (Lipinski definition) is 6. The predicted octanol–water partition coefficient (Wildman–Crippen LogP) is 2.19. The summed E-state index contributed by atoms with van der Waals surface area (Å²) in [6.45, 7) is 6.86. The first-order valence-electron chi connectivity index (χ1n) is 8.15. The number of amides is 1. The van der Waals surface area contributed by atoms with Crippen molar-refractivity contribution < 1.29 is 23.8 Å². The first kappa shape index (κ1) is 17.7. The van der Waals surface area contributed by atoms with Crippen LogP contribution in [-0.2, 0) is 4.74 Å². The maximum atomic E-state index is 12.3. The molecule has 2 aliphatic rings. The Bertz CT molecular complexity index is 863. The van der Waals surface area contributed by atoms with Crippen molar-refractivity contribution in [2.24, 2.45) is 0 Å². The third-order valence-corrected chi connectivity index (χ3v) is 4.10. The number of rotatable bonds is 1. The van der Waals surface area contributed by atoms with Gasteiger partial charge in [0.25, 0.3) is 5.69 Å². The van der Waals surface area contributed by atoms with E-state index < -0.39 is 16.6 Å². The molecule has 0 fully saturated rings. The average molecular weight is 359 g/mol. The van der Waals surface area contributed by atoms with Crippen molar-refractivity contribution in [1.82, 2.24) is 4.90 Å². The van der Waals surface area contributed by atoms with E-state index in [0.29, 0.717) is 25.3 Å². The molecule has 0 aliphatic carbocycles. The number of nitro benzene ring substituents is 1. The molecule has 3 rings (SSSR count). The minimum atomic E-state index is -0.595. The second-order valence-electron chi connectivity index (χ2n) is 7.09. The lowest BCUT2D eigenvalue weighted by Gasteiger charge is -2.31. The predicted molar refractivity (Wildman–Crippen MR) is 90.9 cm³/mol. The number of carbonyl (C=O) groups is 1. The van der Waals surface area contributed by atoms with Crippen LogP contribution in [-0.4, -0.2) is 58.0 Å². The van der Waals surface area contributed by atoms with Crippen molar-refractivity contribution in [3.8, 4) is 11.8 Å². The van der Waals surface area contributed by atoms with E-state index in [9.17, 15) is 20.2 Å². The van der Waals surface area contributed by atoms with Crippen molar-refractivity contribution in [1.29, 1.82) is 5.26 Å². The van der Waals surface area contributed by atoms with E-state index in [1.54, 1.807) is 11.0 Å². The molecule has 0 unspecified atom stereocenters. The summed E-state index contributed by atoms with van der Waals surface area (Å²) in [6.07, 6.45) is -0.392. The molecule has 0 N–H and O–H groups in total. The third kappa shape index (κ3) is 3.18. The molecule has 1 amide bonds. The van der Waals surface area contributed by atoms with Gasteiger partial charge >= 0.3 is 6.09 Å². The van der Waals surface area contributed by atoms with E-state index in [-0.39, 0.29) is 23.6 Å². The second-order valence-corrected chi connectivity index (χ2v) is 7.09. The molecule has 136 valence electrons. The topological polar surface area (TPSA) is 109 Å². The lowest BCUT2D eigenvalue weighted by Crippen LogP contribution is -2.50. The van der Waals surface area contributed by atoms with Crippen LogP contribution in [0.2, 0.25) is 0 Å². The molecule has 0 atom stereocenters. The first-order chi connectivity index (χ1) is 12.2. The van der Waals surface area contributed by atoms with Gasteiger partial charge in [0.05, 0.1) is 11.5 Å². The van der Waals surface area contributed by atoms with Crippen molar-refractivity contribution >= 4 is 23.2 Å². The van der Waals surface area contributed by atoms with Gasteiger partial charge in [-0.3, -0.25) is 15.0 Å². The summed E-state index contributed by atoms with van der Waals surface area (Å²) >= 11 is 0. The fourth-order valence-corrected chi connectivity index (χ4v) is 3.00. The van der Waals surface area contributed by atoms with Crippen LogP contribution in [0, 0.1) is 21.4 Å². The summed E-state index contributed by atoms with van der Waals surface area (Å²) in [5.41, 5.74) is 0.516. The fraction of sp³-hybridized carbons (Fsp3) is 0.471. The smallest absolute Gasteiger partial charge is 0.411 e. The maximum Gasteiger partial charge on any atom is 0.411 e. The maximum absolute atomic E-state index is 12.3. The van der Waals surface area contributed by atoms with Gasteiger partial charge in [0.2, 0.25) is 17.1 Å². The minimum absolute atomic E-state index is 0.0823. The van der Waals surface area contributed by atoms with Gasteiger partial charge in [0.15, 0.2) is 18.7 Å². The molecule has 9 nitrogen and oxygen atoms in total. The Kier molecular flexibility index (Phi) is 4.28. The number of ether oxygens (including phenoxy) is 2. The van der Waals surface area contributed by atoms with E-state index in [0.717, 1.165) is 5.71 Å². The van der Waals surface area contributed by atoms with Gasteiger partial charge in [-0.2, -0.15) is 9.84 Å². The molecule has 0 radical (unpaired) electrons. The minimum Gasteiger partial charge on any atom is -0.475 e. The molecule has 0 bridgehead atoms. The van der Waals surface area contributed by atoms with Crippen LogP contribution < -0.4 is 4.74 Å². The monoisotopic (exact) mass is 359 g/mol. The molecule has 9 heteroatoms. The van der Waals surface area contributed by atoms with Crippen LogP contribution in [0.15, 0.2) is 12.1 Å². The van der Waals surface area contributed by atoms with Crippen LogP contribution in [0.1, 0.15) is 26.3 Å². The quantitative estimate of drug-likeness (QED) is 0.432. The summed E-state index contributed by atoms with van der Waals surface area (Å²) in [5, 5.41) is 20.4. The normalized spacial score (nSPS) is 16.2. The highest BCUT2D eigenvalue weighted by Crippen LogP contribution is 2.39. The number of nitrogens with zero attached hydrogens (tertiary/aromatic N) is 4. The Balaban J connectivity index is 1.92. The van der Waals surface area contributed by atoms with Gasteiger partial charge in [0.1, 0.15) is 18.2 Å². The largest absolute Gasteiger partial charge is 0.475 e. The van der Waals surface area contributed by atoms with E-state index >= 15 is 0 Å². The van der Waals surface area contributed by atoms with Gasteiger partial charge in [-0.25, -0.2) is 4.79 Å². The Morgan fingerprint density at radius 2 is 2.19 bits per heavy atom. The molecule has 1 aromatic carbocycles. The lowest BCUT2D eigenvalue weighted by atomic mass is 10.1. The Morgan fingerprint density at radius 3 is 2.81 bits per heavy atom. The fourth-order valence-electron chi connectivity index (χ4n) is 3.00. The van der Waals surface area contributed by atoms with Crippen molar-refractivity contribution in [2.75, 3.05) is 26.2 Å². The van der Waals surface area contributed by atoms with E-state index in [1.165, 1.54) is 6.07 Å². The number of hydrogen-bond donors (Lipinski definition) is 0. The molecule has 26 heavy (non-hydrogen) atoms.